The van der Waals surface area contributed by atoms with E-state index in [9.17, 15) is 10.1 Å². The van der Waals surface area contributed by atoms with Gasteiger partial charge in [-0.25, -0.2) is 0 Å². The Balaban J connectivity index is 1.75. The topological polar surface area (TPSA) is 52.4 Å². The summed E-state index contributed by atoms with van der Waals surface area (Å²) in [6, 6.07) is 10.6. The monoisotopic (exact) mass is 275 g/mol. The third kappa shape index (κ3) is 4.17. The lowest BCUT2D eigenvalue weighted by atomic mass is 9.83. The molecule has 20 heavy (non-hydrogen) atoms. The van der Waals surface area contributed by atoms with Crippen LogP contribution in [0, 0.1) is 10.1 Å². The smallest absolute Gasteiger partial charge is 0.241 e. The molecule has 0 heterocycles. The van der Waals surface area contributed by atoms with Crippen molar-refractivity contribution in [3.8, 4) is 0 Å². The Hall–Kier alpha value is -1.68. The molecule has 0 bridgehead atoms. The summed E-state index contributed by atoms with van der Waals surface area (Å²) in [6.07, 6.45) is 6.11. The number of ether oxygens (including phenoxy) is 1. The van der Waals surface area contributed by atoms with E-state index in [1.807, 2.05) is 6.07 Å². The van der Waals surface area contributed by atoms with Gasteiger partial charge in [0.1, 0.15) is 0 Å². The molecule has 2 rings (SSSR count). The van der Waals surface area contributed by atoms with Crippen LogP contribution in [-0.2, 0) is 4.74 Å². The van der Waals surface area contributed by atoms with Gasteiger partial charge in [0.2, 0.25) is 5.70 Å². The van der Waals surface area contributed by atoms with E-state index in [1.54, 1.807) is 6.08 Å². The zero-order chi connectivity index (χ0) is 14.4. The summed E-state index contributed by atoms with van der Waals surface area (Å²) in [4.78, 5) is 10.1. The van der Waals surface area contributed by atoms with Crippen LogP contribution >= 0.6 is 0 Å². The lowest BCUT2D eigenvalue weighted by molar-refractivity contribution is -0.424. The molecule has 1 saturated carbocycles. The minimum Gasteiger partial charge on any atom is -0.374 e. The van der Waals surface area contributed by atoms with Crippen LogP contribution < -0.4 is 0 Å². The first kappa shape index (κ1) is 14.7. The largest absolute Gasteiger partial charge is 0.374 e. The summed E-state index contributed by atoms with van der Waals surface area (Å²) < 4.78 is 5.71. The van der Waals surface area contributed by atoms with Gasteiger partial charge >= 0.3 is 0 Å². The van der Waals surface area contributed by atoms with E-state index in [0.717, 1.165) is 25.7 Å². The molecule has 0 N–H and O–H groups in total. The van der Waals surface area contributed by atoms with Crippen molar-refractivity contribution in [1.82, 2.24) is 0 Å². The predicted molar refractivity (Wildman–Crippen MR) is 78.1 cm³/mol. The molecule has 1 fully saturated rings. The molecule has 0 spiro atoms. The summed E-state index contributed by atoms with van der Waals surface area (Å²) in [7, 11) is 0. The Morgan fingerprint density at radius 3 is 2.55 bits per heavy atom. The van der Waals surface area contributed by atoms with Gasteiger partial charge in [-0.3, -0.25) is 10.1 Å². The lowest BCUT2D eigenvalue weighted by Crippen LogP contribution is -2.21. The molecular weight excluding hydrogens is 254 g/mol. The second-order valence-electron chi connectivity index (χ2n) is 5.32. The summed E-state index contributed by atoms with van der Waals surface area (Å²) in [5, 5.41) is 10.5. The van der Waals surface area contributed by atoms with Crippen molar-refractivity contribution < 1.29 is 9.66 Å². The number of hydrogen-bond acceptors (Lipinski definition) is 3. The second-order valence-corrected chi connectivity index (χ2v) is 5.32. The van der Waals surface area contributed by atoms with Crippen molar-refractivity contribution >= 4 is 0 Å². The van der Waals surface area contributed by atoms with E-state index in [4.69, 9.17) is 4.74 Å². The van der Waals surface area contributed by atoms with Gasteiger partial charge in [0.25, 0.3) is 0 Å². The molecule has 108 valence electrons. The molecule has 4 heteroatoms. The van der Waals surface area contributed by atoms with E-state index in [0.29, 0.717) is 12.5 Å². The van der Waals surface area contributed by atoms with Crippen molar-refractivity contribution in [2.45, 2.75) is 44.6 Å². The van der Waals surface area contributed by atoms with Gasteiger partial charge in [-0.05, 0) is 37.2 Å². The number of rotatable bonds is 5. The Kier molecular flexibility index (Phi) is 5.30. The van der Waals surface area contributed by atoms with Crippen LogP contribution in [0.25, 0.3) is 0 Å². The fourth-order valence-electron chi connectivity index (χ4n) is 2.67. The van der Waals surface area contributed by atoms with Crippen LogP contribution in [0.4, 0.5) is 0 Å². The Bertz CT molecular complexity index is 462. The summed E-state index contributed by atoms with van der Waals surface area (Å²) >= 11 is 0. The maximum atomic E-state index is 10.5. The Labute approximate surface area is 119 Å². The number of hydrogen-bond donors (Lipinski definition) is 0. The Morgan fingerprint density at radius 2 is 1.95 bits per heavy atom. The van der Waals surface area contributed by atoms with Gasteiger partial charge < -0.3 is 4.74 Å². The van der Waals surface area contributed by atoms with Gasteiger partial charge in [0.15, 0.2) is 0 Å². The van der Waals surface area contributed by atoms with E-state index < -0.39 is 0 Å². The summed E-state index contributed by atoms with van der Waals surface area (Å²) in [6.45, 7) is 1.84. The van der Waals surface area contributed by atoms with Crippen molar-refractivity contribution in [2.24, 2.45) is 0 Å². The third-order valence-corrected chi connectivity index (χ3v) is 3.94. The third-order valence-electron chi connectivity index (χ3n) is 3.94. The minimum absolute atomic E-state index is 0.156. The maximum Gasteiger partial charge on any atom is 0.241 e. The van der Waals surface area contributed by atoms with Gasteiger partial charge in [0, 0.05) is 13.0 Å². The molecule has 0 aliphatic heterocycles. The van der Waals surface area contributed by atoms with Crippen LogP contribution in [0.1, 0.15) is 44.1 Å². The van der Waals surface area contributed by atoms with Crippen molar-refractivity contribution in [3.63, 3.8) is 0 Å². The molecule has 0 amide bonds. The summed E-state index contributed by atoms with van der Waals surface area (Å²) in [5.74, 6) is 0.632. The molecule has 0 saturated heterocycles. The molecule has 1 aliphatic carbocycles. The average molecular weight is 275 g/mol. The van der Waals surface area contributed by atoms with Crippen LogP contribution in [0.3, 0.4) is 0 Å². The highest BCUT2D eigenvalue weighted by Crippen LogP contribution is 2.33. The molecule has 1 aromatic rings. The zero-order valence-corrected chi connectivity index (χ0v) is 11.8. The molecule has 0 atom stereocenters. The first-order valence-electron chi connectivity index (χ1n) is 7.14. The standard InChI is InChI=1S/C16H21NO3/c1-13(17(18)19)11-12-20-16-9-7-15(8-10-16)14-5-3-2-4-6-14/h2-6,11,15-16H,7-10,12H2,1H3/t15-,16+. The van der Waals surface area contributed by atoms with Crippen molar-refractivity contribution in [2.75, 3.05) is 6.61 Å². The van der Waals surface area contributed by atoms with Crippen LogP contribution in [-0.4, -0.2) is 17.6 Å². The normalized spacial score (nSPS) is 23.6. The first-order chi connectivity index (χ1) is 9.66. The quantitative estimate of drug-likeness (QED) is 0.604. The first-order valence-corrected chi connectivity index (χ1v) is 7.14. The van der Waals surface area contributed by atoms with Gasteiger partial charge in [-0.1, -0.05) is 30.3 Å². The lowest BCUT2D eigenvalue weighted by Gasteiger charge is -2.28. The van der Waals surface area contributed by atoms with Crippen LogP contribution in [0.15, 0.2) is 42.1 Å². The number of benzene rings is 1. The highest BCUT2D eigenvalue weighted by molar-refractivity contribution is 5.19. The average Bonchev–Trinajstić information content (AvgIpc) is 2.48. The number of nitrogens with zero attached hydrogens (tertiary/aromatic N) is 1. The Morgan fingerprint density at radius 1 is 1.30 bits per heavy atom. The van der Waals surface area contributed by atoms with Gasteiger partial charge in [0.05, 0.1) is 17.6 Å². The zero-order valence-electron chi connectivity index (χ0n) is 11.8. The fraction of sp³-hybridized carbons (Fsp3) is 0.500. The number of nitro groups is 1. The number of allylic oxidation sites excluding steroid dienone is 1. The molecule has 0 radical (unpaired) electrons. The van der Waals surface area contributed by atoms with Crippen molar-refractivity contribution in [1.29, 1.82) is 0 Å². The van der Waals surface area contributed by atoms with E-state index in [-0.39, 0.29) is 16.7 Å². The highest BCUT2D eigenvalue weighted by Gasteiger charge is 2.22. The van der Waals surface area contributed by atoms with Crippen LogP contribution in [0.2, 0.25) is 0 Å². The van der Waals surface area contributed by atoms with E-state index in [1.165, 1.54) is 12.5 Å². The molecule has 1 aliphatic rings. The molecule has 0 unspecified atom stereocenters. The highest BCUT2D eigenvalue weighted by atomic mass is 16.6. The van der Waals surface area contributed by atoms with Gasteiger partial charge in [-0.15, -0.1) is 0 Å². The van der Waals surface area contributed by atoms with Gasteiger partial charge in [-0.2, -0.15) is 0 Å². The SMILES string of the molecule is CC(=CCO[C@H]1CC[C@@H](c2ccccc2)CC1)[N+](=O)[O-]. The molecular formula is C16H21NO3. The predicted octanol–water partition coefficient (Wildman–Crippen LogP) is 3.91. The van der Waals surface area contributed by atoms with E-state index in [2.05, 4.69) is 24.3 Å². The molecule has 0 aromatic heterocycles. The maximum absolute atomic E-state index is 10.5. The summed E-state index contributed by atoms with van der Waals surface area (Å²) in [5.41, 5.74) is 1.57. The molecule has 1 aromatic carbocycles. The van der Waals surface area contributed by atoms with E-state index >= 15 is 0 Å². The van der Waals surface area contributed by atoms with Crippen LogP contribution in [0.5, 0.6) is 0 Å². The van der Waals surface area contributed by atoms with Crippen molar-refractivity contribution in [3.05, 3.63) is 57.8 Å². The molecule has 4 nitrogen and oxygen atoms in total. The second kappa shape index (κ2) is 7.20. The minimum atomic E-state index is -0.379. The fourth-order valence-corrected chi connectivity index (χ4v) is 2.67.